The Morgan fingerprint density at radius 3 is 2.61 bits per heavy atom. The molecule has 0 spiro atoms. The molecule has 1 aliphatic rings. The van der Waals surface area contributed by atoms with Gasteiger partial charge in [0.1, 0.15) is 16.5 Å². The molecule has 0 saturated heterocycles. The fourth-order valence-corrected chi connectivity index (χ4v) is 2.46. The number of hydrogen-bond donors (Lipinski definition) is 2. The van der Waals surface area contributed by atoms with E-state index in [0.29, 0.717) is 17.5 Å². The van der Waals surface area contributed by atoms with E-state index in [9.17, 15) is 15.0 Å². The molecule has 0 amide bonds. The highest BCUT2D eigenvalue weighted by molar-refractivity contribution is 6.34. The van der Waals surface area contributed by atoms with Crippen molar-refractivity contribution in [3.8, 4) is 11.5 Å². The topological polar surface area (TPSA) is 57.5 Å². The van der Waals surface area contributed by atoms with Crippen LogP contribution in [0.2, 0.25) is 5.02 Å². The highest BCUT2D eigenvalue weighted by Crippen LogP contribution is 2.41. The summed E-state index contributed by atoms with van der Waals surface area (Å²) in [4.78, 5) is 12.3. The van der Waals surface area contributed by atoms with Crippen LogP contribution in [0.4, 0.5) is 0 Å². The Morgan fingerprint density at radius 2 is 1.83 bits per heavy atom. The third-order valence-electron chi connectivity index (χ3n) is 3.17. The fourth-order valence-electron chi connectivity index (χ4n) is 2.31. The summed E-state index contributed by atoms with van der Waals surface area (Å²) in [6, 6.07) is 8.65. The third kappa shape index (κ3) is 1.41. The van der Waals surface area contributed by atoms with Crippen LogP contribution in [0.3, 0.4) is 0 Å². The smallest absolute Gasteiger partial charge is 0.197 e. The normalized spacial score (nSPS) is 13.1. The minimum Gasteiger partial charge on any atom is -0.506 e. The zero-order valence-corrected chi connectivity index (χ0v) is 10.0. The Kier molecular flexibility index (Phi) is 2.31. The first kappa shape index (κ1) is 11.1. The molecular weight excluding hydrogens is 252 g/mol. The quantitative estimate of drug-likeness (QED) is 0.653. The maximum absolute atomic E-state index is 12.3. The van der Waals surface area contributed by atoms with Crippen LogP contribution in [0.1, 0.15) is 27.0 Å². The van der Waals surface area contributed by atoms with Crippen LogP contribution in [0.15, 0.2) is 30.3 Å². The molecule has 2 N–H and O–H groups in total. The van der Waals surface area contributed by atoms with E-state index >= 15 is 0 Å². The van der Waals surface area contributed by atoms with E-state index in [-0.39, 0.29) is 27.9 Å². The van der Waals surface area contributed by atoms with E-state index in [4.69, 9.17) is 11.6 Å². The summed E-state index contributed by atoms with van der Waals surface area (Å²) >= 11 is 5.75. The number of aromatic hydroxyl groups is 2. The molecule has 4 heteroatoms. The van der Waals surface area contributed by atoms with Crippen LogP contribution in [0.25, 0.3) is 0 Å². The monoisotopic (exact) mass is 260 g/mol. The molecule has 2 aromatic carbocycles. The number of phenols is 2. The maximum atomic E-state index is 12.3. The van der Waals surface area contributed by atoms with Crippen molar-refractivity contribution in [3.05, 3.63) is 57.6 Å². The summed E-state index contributed by atoms with van der Waals surface area (Å²) in [7, 11) is 0. The summed E-state index contributed by atoms with van der Waals surface area (Å²) < 4.78 is 0. The summed E-state index contributed by atoms with van der Waals surface area (Å²) in [5.41, 5.74) is 2.24. The predicted molar refractivity (Wildman–Crippen MR) is 67.5 cm³/mol. The molecule has 1 aliphatic carbocycles. The molecule has 2 aromatic rings. The molecule has 90 valence electrons. The SMILES string of the molecule is O=C1c2ccccc2Cc2cc(O)c(Cl)c(O)c21. The zero-order chi connectivity index (χ0) is 12.9. The largest absolute Gasteiger partial charge is 0.506 e. The Hall–Kier alpha value is -2.00. The Bertz CT molecular complexity index is 677. The van der Waals surface area contributed by atoms with Crippen LogP contribution in [0, 0.1) is 0 Å². The second-order valence-electron chi connectivity index (χ2n) is 4.26. The Labute approximate surface area is 108 Å². The van der Waals surface area contributed by atoms with Crippen molar-refractivity contribution in [3.63, 3.8) is 0 Å². The van der Waals surface area contributed by atoms with Gasteiger partial charge in [-0.2, -0.15) is 0 Å². The molecule has 0 bridgehead atoms. The number of fused-ring (bicyclic) bond motifs is 2. The molecule has 0 heterocycles. The van der Waals surface area contributed by atoms with Crippen molar-refractivity contribution >= 4 is 17.4 Å². The van der Waals surface area contributed by atoms with E-state index < -0.39 is 0 Å². The summed E-state index contributed by atoms with van der Waals surface area (Å²) in [5.74, 6) is -0.808. The van der Waals surface area contributed by atoms with Gasteiger partial charge in [-0.25, -0.2) is 0 Å². The van der Waals surface area contributed by atoms with Crippen molar-refractivity contribution in [1.29, 1.82) is 0 Å². The van der Waals surface area contributed by atoms with Gasteiger partial charge in [0.05, 0.1) is 5.56 Å². The molecular formula is C14H9ClO3. The fraction of sp³-hybridized carbons (Fsp3) is 0.0714. The van der Waals surface area contributed by atoms with Gasteiger partial charge in [0.25, 0.3) is 0 Å². The van der Waals surface area contributed by atoms with Gasteiger partial charge in [0, 0.05) is 5.56 Å². The number of carbonyl (C=O) groups is 1. The lowest BCUT2D eigenvalue weighted by Gasteiger charge is -2.20. The molecule has 0 aliphatic heterocycles. The first-order valence-electron chi connectivity index (χ1n) is 5.45. The molecule has 3 rings (SSSR count). The second-order valence-corrected chi connectivity index (χ2v) is 4.63. The van der Waals surface area contributed by atoms with Crippen molar-refractivity contribution in [2.75, 3.05) is 0 Å². The minimum atomic E-state index is -0.342. The van der Waals surface area contributed by atoms with Gasteiger partial charge in [-0.15, -0.1) is 0 Å². The summed E-state index contributed by atoms with van der Waals surface area (Å²) in [6.45, 7) is 0. The first-order valence-corrected chi connectivity index (χ1v) is 5.83. The maximum Gasteiger partial charge on any atom is 0.197 e. The predicted octanol–water partition coefficient (Wildman–Crippen LogP) is 2.89. The van der Waals surface area contributed by atoms with Gasteiger partial charge in [0.2, 0.25) is 0 Å². The van der Waals surface area contributed by atoms with E-state index in [1.54, 1.807) is 12.1 Å². The average molecular weight is 261 g/mol. The van der Waals surface area contributed by atoms with Crippen molar-refractivity contribution in [1.82, 2.24) is 0 Å². The van der Waals surface area contributed by atoms with Gasteiger partial charge < -0.3 is 10.2 Å². The highest BCUT2D eigenvalue weighted by Gasteiger charge is 2.28. The Balaban J connectivity index is 2.29. The molecule has 3 nitrogen and oxygen atoms in total. The highest BCUT2D eigenvalue weighted by atomic mass is 35.5. The van der Waals surface area contributed by atoms with Crippen LogP contribution in [0.5, 0.6) is 11.5 Å². The summed E-state index contributed by atoms with van der Waals surface area (Å²) in [5, 5.41) is 19.3. The number of carbonyl (C=O) groups excluding carboxylic acids is 1. The summed E-state index contributed by atoms with van der Waals surface area (Å²) in [6.07, 6.45) is 0.496. The van der Waals surface area contributed by atoms with Crippen LogP contribution < -0.4 is 0 Å². The van der Waals surface area contributed by atoms with E-state index in [1.165, 1.54) is 6.07 Å². The lowest BCUT2D eigenvalue weighted by Crippen LogP contribution is -2.15. The van der Waals surface area contributed by atoms with E-state index in [1.807, 2.05) is 12.1 Å². The first-order chi connectivity index (χ1) is 8.59. The van der Waals surface area contributed by atoms with Crippen LogP contribution in [-0.2, 0) is 6.42 Å². The van der Waals surface area contributed by atoms with Gasteiger partial charge in [0.15, 0.2) is 5.78 Å². The van der Waals surface area contributed by atoms with Gasteiger partial charge >= 0.3 is 0 Å². The Morgan fingerprint density at radius 1 is 1.11 bits per heavy atom. The van der Waals surface area contributed by atoms with Gasteiger partial charge in [-0.1, -0.05) is 35.9 Å². The molecule has 0 aromatic heterocycles. The number of benzene rings is 2. The number of ketones is 1. The molecule has 0 radical (unpaired) electrons. The van der Waals surface area contributed by atoms with E-state index in [2.05, 4.69) is 0 Å². The lowest BCUT2D eigenvalue weighted by atomic mass is 9.84. The lowest BCUT2D eigenvalue weighted by molar-refractivity contribution is 0.103. The molecule has 0 atom stereocenters. The van der Waals surface area contributed by atoms with Crippen LogP contribution >= 0.6 is 11.6 Å². The van der Waals surface area contributed by atoms with Crippen molar-refractivity contribution in [2.24, 2.45) is 0 Å². The second kappa shape index (κ2) is 3.75. The number of halogens is 1. The third-order valence-corrected chi connectivity index (χ3v) is 3.54. The minimum absolute atomic E-state index is 0.179. The molecule has 18 heavy (non-hydrogen) atoms. The van der Waals surface area contributed by atoms with Crippen LogP contribution in [-0.4, -0.2) is 16.0 Å². The standard InChI is InChI=1S/C14H9ClO3/c15-12-10(16)6-8-5-7-3-1-2-4-9(7)13(17)11(8)14(12)18/h1-4,6,16,18H,5H2. The van der Waals surface area contributed by atoms with Gasteiger partial charge in [-0.3, -0.25) is 4.79 Å². The number of rotatable bonds is 0. The zero-order valence-electron chi connectivity index (χ0n) is 9.27. The molecule has 0 unspecified atom stereocenters. The molecule has 0 saturated carbocycles. The average Bonchev–Trinajstić information content (AvgIpc) is 2.36. The van der Waals surface area contributed by atoms with Crippen molar-refractivity contribution in [2.45, 2.75) is 6.42 Å². The van der Waals surface area contributed by atoms with Crippen molar-refractivity contribution < 1.29 is 15.0 Å². The number of hydrogen-bond acceptors (Lipinski definition) is 3. The van der Waals surface area contributed by atoms with Gasteiger partial charge in [-0.05, 0) is 23.6 Å². The van der Waals surface area contributed by atoms with E-state index in [0.717, 1.165) is 5.56 Å². The number of phenolic OH excluding ortho intramolecular Hbond substituents is 2. The molecule has 0 fully saturated rings.